The first-order valence-electron chi connectivity index (χ1n) is 42.3. The van der Waals surface area contributed by atoms with Gasteiger partial charge in [-0.05, 0) is 26.8 Å². The van der Waals surface area contributed by atoms with Crippen molar-refractivity contribution < 1.29 is 175 Å². The van der Waals surface area contributed by atoms with E-state index in [0.29, 0.717) is 4.57 Å². The summed E-state index contributed by atoms with van der Waals surface area (Å²) in [6, 6.07) is 1.01. The summed E-state index contributed by atoms with van der Waals surface area (Å²) in [5.74, 6) is -1.19. The van der Waals surface area contributed by atoms with Crippen LogP contribution in [0.15, 0.2) is 101 Å². The number of aliphatic hydroxyl groups excluding tert-OH is 6. The highest BCUT2D eigenvalue weighted by Gasteiger charge is 2.58. The quantitative estimate of drug-likeness (QED) is 0.0160. The Balaban J connectivity index is 0.590. The fourth-order valence-electron chi connectivity index (χ4n) is 16.6. The SMILES string of the molecule is Cc1cn([C@H]2C[C@H](OP(=O)(O)OC[C@H]3O[C@@H](n4cnc5c(N)ncnc54)[C@H](O)[C@@H]3OP(=O)(O)OC[C@H]3O[C@@H](n4cc(C)c(=O)[nH]c4=O)C[C@@H]3O)[C@@H](COP(=O)(O)O[C@H]3[C@@H](O)[C@H](n4ccc(N)nc4=O)O[C@@H]3COP(=O)(O)O[C@H]3[C@@H](O)[C@H](n4cnc5c(=O)[nH]c(N)nc54)O[C@@H]3COP(=O)(O)O[C@H]3C[C@H](n4cc(C)c(=O)[nH]c4=O)O[C@@H]3COP(=O)(O)O[C@H]3[C@@H](O)[C@H](n4cnc5c(N)ncnc54)O[C@@H]3CO)O2)c(=O)[nH]c1=O. The van der Waals surface area contributed by atoms with Crippen LogP contribution in [0.3, 0.4) is 0 Å². The van der Waals surface area contributed by atoms with E-state index < -0.39 is 327 Å². The van der Waals surface area contributed by atoms with Crippen molar-refractivity contribution in [3.05, 3.63) is 163 Å². The molecule has 144 heavy (non-hydrogen) atoms. The van der Waals surface area contributed by atoms with E-state index in [-0.39, 0.29) is 57.1 Å². The largest absolute Gasteiger partial charge is 0.472 e. The number of nitrogens with one attached hydrogen (secondary N) is 4. The molecule has 10 aromatic heterocycles. The summed E-state index contributed by atoms with van der Waals surface area (Å²) in [6.45, 7) is -4.70. The monoisotopic (exact) mass is 2160 g/mol. The van der Waals surface area contributed by atoms with Crippen LogP contribution in [0.25, 0.3) is 33.5 Å². The Hall–Kier alpha value is -10.3. The molecule has 17 rings (SSSR count). The van der Waals surface area contributed by atoms with E-state index in [1.165, 1.54) is 20.8 Å². The minimum atomic E-state index is -6.06. The third kappa shape index (κ3) is 22.3. The number of phosphoric ester groups is 6. The molecule has 784 valence electrons. The summed E-state index contributed by atoms with van der Waals surface area (Å²) >= 11 is 0. The second kappa shape index (κ2) is 41.1. The minimum absolute atomic E-state index is 0.0195. The first-order chi connectivity index (χ1) is 67.9. The number of anilines is 4. The Bertz CT molecular complexity index is 7370. The number of hydrogen-bond donors (Lipinski definition) is 20. The molecule has 31 atom stereocenters. The summed E-state index contributed by atoms with van der Waals surface area (Å²) in [5, 5.41) is 68.9. The number of nitrogen functional groups attached to an aromatic ring is 4. The number of aryl methyl sites for hydroxylation is 3. The molecule has 0 aromatic carbocycles. The number of fused-ring (bicyclic) bond motifs is 3. The van der Waals surface area contributed by atoms with E-state index in [2.05, 4.69) is 54.8 Å². The number of aromatic amines is 4. The standard InChI is InChI=1S/C69H88N24O45P6/c1-24-9-88(67(105)84-57(24)100)38-6-27(95)31(126-38)13-120-141(112,113)137-50-35(131-63(46(50)98)92-22-79-42-53(72)75-20-77-55(42)92)16-123-139(108,109)134-29-8-40(90-11-26(3)59(102)86-69(90)107)128-33(29)15-122-143(116,117)136-49-34(130-61(45(49)97)87-5-4-37(70)81-66(87)104)18-125-144(118,119)138-51-36(132-64(47(51)99)93-23-80-43-56(93)82-65(73)83-60(43)103)17-124-140(110,111)133-28-7-39(89-10-25(2)58(101)85-68(89)106)127-32(28)14-121-142(114,115)135-48-30(12-94)129-62(44(48)96)91-21-78-41-52(71)74-19-76-54(41)91/h4-5,9-11,19-23,27-36,38-40,44-51,61-64,94-99H,6-8,12-18H2,1-3H3,(H,108,109)(H,110,111)(H,112,113)(H,114,115)(H,116,117)(H,118,119)(H2,70,81,104)(H2,71,74,76)(H2,72,75,77)(H,84,100,105)(H,85,101,106)(H,86,102,107)(H3,73,82,83,103)/t27-,28-,29-,30+,31+,32+,33+,34+,35+,36+,38+,39+,40+,44+,45+,46+,47+,48+,49+,50+,51+,61+,62+,63+,64+/m0/s1. The molecule has 24 N–H and O–H groups in total. The van der Waals surface area contributed by atoms with Crippen molar-refractivity contribution in [3.63, 3.8) is 0 Å². The Morgan fingerprint density at radius 2 is 0.701 bits per heavy atom. The number of imidazole rings is 3. The van der Waals surface area contributed by atoms with Crippen LogP contribution in [0.2, 0.25) is 0 Å². The zero-order valence-electron chi connectivity index (χ0n) is 73.8. The topological polar surface area (TPSA) is 975 Å². The van der Waals surface area contributed by atoms with Crippen LogP contribution in [-0.4, -0.2) is 313 Å². The van der Waals surface area contributed by atoms with Crippen molar-refractivity contribution in [2.45, 2.75) is 194 Å². The molecule has 0 spiro atoms. The lowest BCUT2D eigenvalue weighted by molar-refractivity contribution is -0.0660. The maximum Gasteiger partial charge on any atom is 0.472 e. The molecule has 0 bridgehead atoms. The van der Waals surface area contributed by atoms with Gasteiger partial charge < -0.3 is 116 Å². The Kier molecular flexibility index (Phi) is 30.0. The van der Waals surface area contributed by atoms with Crippen LogP contribution in [0.1, 0.15) is 79.5 Å². The lowest BCUT2D eigenvalue weighted by Crippen LogP contribution is -2.38. The van der Waals surface area contributed by atoms with Crippen LogP contribution < -0.4 is 67.9 Å². The molecule has 10 aromatic rings. The van der Waals surface area contributed by atoms with Gasteiger partial charge in [-0.25, -0.2) is 81.5 Å². The molecule has 0 saturated carbocycles. The Labute approximate surface area is 797 Å². The molecule has 75 heteroatoms. The third-order valence-corrected chi connectivity index (χ3v) is 29.5. The molecule has 17 heterocycles. The second-order valence-corrected chi connectivity index (χ2v) is 41.6. The van der Waals surface area contributed by atoms with Crippen LogP contribution in [-0.2, 0) is 115 Å². The van der Waals surface area contributed by atoms with E-state index in [9.17, 15) is 126 Å². The number of rotatable bonds is 38. The van der Waals surface area contributed by atoms with Gasteiger partial charge in [-0.15, -0.1) is 0 Å². The summed E-state index contributed by atoms with van der Waals surface area (Å²) in [4.78, 5) is 216. The van der Waals surface area contributed by atoms with Gasteiger partial charge in [-0.3, -0.25) is 125 Å². The normalized spacial score (nSPS) is 31.3. The Morgan fingerprint density at radius 1 is 0.375 bits per heavy atom. The van der Waals surface area contributed by atoms with Gasteiger partial charge in [0, 0.05) is 60.7 Å². The smallest absolute Gasteiger partial charge is 0.394 e. The molecule has 0 radical (unpaired) electrons. The highest BCUT2D eigenvalue weighted by atomic mass is 31.2. The number of hydrogen-bond acceptors (Lipinski definition) is 52. The fourth-order valence-corrected chi connectivity index (χ4v) is 22.4. The zero-order valence-corrected chi connectivity index (χ0v) is 79.1. The Morgan fingerprint density at radius 3 is 1.08 bits per heavy atom. The van der Waals surface area contributed by atoms with Crippen LogP contribution >= 0.6 is 46.9 Å². The summed E-state index contributed by atoms with van der Waals surface area (Å²) in [7, 11) is -34.8. The number of phosphoric acid groups is 6. The first-order valence-corrected chi connectivity index (χ1v) is 51.3. The van der Waals surface area contributed by atoms with Crippen molar-refractivity contribution in [2.75, 3.05) is 69.2 Å². The highest BCUT2D eigenvalue weighted by molar-refractivity contribution is 7.48. The average molecular weight is 2160 g/mol. The van der Waals surface area contributed by atoms with Crippen LogP contribution in [0.5, 0.6) is 0 Å². The molecule has 7 fully saturated rings. The molecular weight excluding hydrogens is 2070 g/mol. The van der Waals surface area contributed by atoms with E-state index in [4.69, 9.17) is 110 Å². The molecule has 0 aliphatic carbocycles. The predicted octanol–water partition coefficient (Wildman–Crippen LogP) is -6.78. The molecule has 6 unspecified atom stereocenters. The minimum Gasteiger partial charge on any atom is -0.394 e. The first kappa shape index (κ1) is 105. The number of aliphatic hydroxyl groups is 6. The van der Waals surface area contributed by atoms with Crippen LogP contribution in [0.4, 0.5) is 23.4 Å². The van der Waals surface area contributed by atoms with E-state index in [1.807, 2.05) is 9.97 Å². The molecule has 7 aliphatic heterocycles. The van der Waals surface area contributed by atoms with E-state index in [1.54, 1.807) is 0 Å². The summed E-state index contributed by atoms with van der Waals surface area (Å²) in [6.07, 6.45) is -41.0. The number of nitrogens with zero attached hydrogens (tertiary/aromatic N) is 16. The average Bonchev–Trinajstić information content (AvgIpc) is 1.61. The number of nitrogens with two attached hydrogens (primary N) is 4. The summed E-state index contributed by atoms with van der Waals surface area (Å²) < 4.78 is 199. The van der Waals surface area contributed by atoms with Crippen LogP contribution in [0, 0.1) is 20.8 Å². The van der Waals surface area contributed by atoms with Gasteiger partial charge in [0.2, 0.25) is 5.95 Å². The molecule has 7 aliphatic rings. The zero-order chi connectivity index (χ0) is 103. The number of aromatic nitrogens is 20. The lowest BCUT2D eigenvalue weighted by Gasteiger charge is -2.27. The number of ether oxygens (including phenoxy) is 7. The maximum atomic E-state index is 14.7. The predicted molar refractivity (Wildman–Crippen MR) is 465 cm³/mol. The fraction of sp³-hybridized carbons (Fsp3) is 0.551. The van der Waals surface area contributed by atoms with Crippen molar-refractivity contribution in [2.24, 2.45) is 0 Å². The van der Waals surface area contributed by atoms with E-state index >= 15 is 0 Å². The molecular formula is C69H88N24O45P6. The highest BCUT2D eigenvalue weighted by Crippen LogP contribution is 2.58. The lowest BCUT2D eigenvalue weighted by atomic mass is 10.1. The van der Waals surface area contributed by atoms with Gasteiger partial charge in [-0.2, -0.15) is 9.97 Å². The van der Waals surface area contributed by atoms with Crippen molar-refractivity contribution in [1.82, 2.24) is 96.8 Å². The van der Waals surface area contributed by atoms with Gasteiger partial charge in [0.05, 0.1) is 71.3 Å². The van der Waals surface area contributed by atoms with E-state index in [0.717, 1.165) is 89.9 Å². The van der Waals surface area contributed by atoms with Gasteiger partial charge >= 0.3 is 69.7 Å². The molecule has 69 nitrogen and oxygen atoms in total. The van der Waals surface area contributed by atoms with Crippen molar-refractivity contribution >= 4 is 104 Å². The third-order valence-electron chi connectivity index (χ3n) is 23.5. The van der Waals surface area contributed by atoms with Gasteiger partial charge in [-0.1, -0.05) is 0 Å². The van der Waals surface area contributed by atoms with Gasteiger partial charge in [0.15, 0.2) is 59.0 Å². The van der Waals surface area contributed by atoms with Gasteiger partial charge in [0.25, 0.3) is 22.2 Å². The molecule has 0 amide bonds. The molecule has 7 saturated heterocycles. The maximum absolute atomic E-state index is 14.7. The second-order valence-electron chi connectivity index (χ2n) is 33.1. The van der Waals surface area contributed by atoms with Crippen molar-refractivity contribution in [1.29, 1.82) is 0 Å². The van der Waals surface area contributed by atoms with Gasteiger partial charge in [0.1, 0.15) is 152 Å². The summed E-state index contributed by atoms with van der Waals surface area (Å²) in [5.41, 5.74) is 14.5. The van der Waals surface area contributed by atoms with Crippen molar-refractivity contribution in [3.8, 4) is 0 Å². The number of H-pyrrole nitrogens is 4.